The molecule has 3 aliphatic rings. The molecule has 3 fully saturated rings. The summed E-state index contributed by atoms with van der Waals surface area (Å²) in [6, 6.07) is 11.0. The van der Waals surface area contributed by atoms with E-state index in [0.29, 0.717) is 18.4 Å². The second-order valence-corrected chi connectivity index (χ2v) is 7.24. The number of carbonyl (C=O) groups excluding carboxylic acids is 1. The summed E-state index contributed by atoms with van der Waals surface area (Å²) in [6.45, 7) is 5.23. The van der Waals surface area contributed by atoms with Crippen LogP contribution in [-0.4, -0.2) is 46.9 Å². The molecular weight excluding hydrogens is 284 g/mol. The van der Waals surface area contributed by atoms with Gasteiger partial charge in [0.25, 0.3) is 0 Å². The van der Waals surface area contributed by atoms with E-state index in [9.17, 15) is 4.79 Å². The van der Waals surface area contributed by atoms with Gasteiger partial charge in [-0.3, -0.25) is 9.69 Å². The topological polar surface area (TPSA) is 23.3 Å². The lowest BCUT2D eigenvalue weighted by molar-refractivity contribution is -0.128. The zero-order chi connectivity index (χ0) is 15.9. The van der Waals surface area contributed by atoms with Gasteiger partial charge < -0.3 is 4.90 Å². The number of hydrogen-bond acceptors (Lipinski definition) is 2. The molecule has 122 valence electrons. The van der Waals surface area contributed by atoms with Crippen LogP contribution < -0.4 is 0 Å². The van der Waals surface area contributed by atoms with E-state index in [1.165, 1.54) is 31.4 Å². The number of piperidine rings is 2. The molecule has 0 aromatic heterocycles. The molecule has 1 spiro atoms. The summed E-state index contributed by atoms with van der Waals surface area (Å²) < 4.78 is 0. The molecule has 0 bridgehead atoms. The van der Waals surface area contributed by atoms with Crippen LogP contribution in [-0.2, 0) is 4.79 Å². The lowest BCUT2D eigenvalue weighted by atomic mass is 9.86. The largest absolute Gasteiger partial charge is 0.328 e. The number of likely N-dealkylation sites (tertiary alicyclic amines) is 2. The predicted molar refractivity (Wildman–Crippen MR) is 92.9 cm³/mol. The fraction of sp³-hybridized carbons (Fsp3) is 0.550. The van der Waals surface area contributed by atoms with Crippen LogP contribution in [0.4, 0.5) is 0 Å². The summed E-state index contributed by atoms with van der Waals surface area (Å²) in [4.78, 5) is 17.0. The SMILES string of the molecule is CCC(=O)N1C2CCC3CCN(C/C=C/c4ccccc4)CC321. The zero-order valence-electron chi connectivity index (χ0n) is 13.9. The molecular formula is C20H26N2O. The Morgan fingerprint density at radius 1 is 1.26 bits per heavy atom. The molecule has 2 heterocycles. The Hall–Kier alpha value is -1.61. The lowest BCUT2D eigenvalue weighted by Gasteiger charge is -2.37. The maximum atomic E-state index is 12.2. The Kier molecular flexibility index (Phi) is 3.76. The van der Waals surface area contributed by atoms with E-state index in [1.807, 2.05) is 13.0 Å². The van der Waals surface area contributed by atoms with Crippen molar-refractivity contribution in [3.8, 4) is 0 Å². The van der Waals surface area contributed by atoms with Gasteiger partial charge in [-0.05, 0) is 37.3 Å². The number of nitrogens with zero attached hydrogens (tertiary/aromatic N) is 2. The van der Waals surface area contributed by atoms with Crippen molar-refractivity contribution in [1.82, 2.24) is 9.80 Å². The van der Waals surface area contributed by atoms with E-state index in [2.05, 4.69) is 46.2 Å². The fourth-order valence-corrected chi connectivity index (χ4v) is 4.98. The average Bonchev–Trinajstić information content (AvgIpc) is 3.05. The van der Waals surface area contributed by atoms with Gasteiger partial charge in [0.2, 0.25) is 5.91 Å². The minimum absolute atomic E-state index is 0.200. The van der Waals surface area contributed by atoms with Gasteiger partial charge in [0.15, 0.2) is 0 Å². The number of rotatable bonds is 4. The fourth-order valence-electron chi connectivity index (χ4n) is 4.98. The van der Waals surface area contributed by atoms with Gasteiger partial charge in [-0.25, -0.2) is 0 Å². The number of carbonyl (C=O) groups is 1. The summed E-state index contributed by atoms with van der Waals surface area (Å²) >= 11 is 0. The molecule has 4 rings (SSSR count). The van der Waals surface area contributed by atoms with Crippen LogP contribution in [0.2, 0.25) is 0 Å². The van der Waals surface area contributed by atoms with Crippen molar-refractivity contribution in [2.24, 2.45) is 5.92 Å². The molecule has 1 aliphatic carbocycles. The van der Waals surface area contributed by atoms with Gasteiger partial charge in [-0.2, -0.15) is 0 Å². The van der Waals surface area contributed by atoms with Crippen LogP contribution in [0.1, 0.15) is 38.2 Å². The molecule has 3 unspecified atom stereocenters. The van der Waals surface area contributed by atoms with Crippen molar-refractivity contribution < 1.29 is 4.79 Å². The van der Waals surface area contributed by atoms with E-state index in [1.54, 1.807) is 0 Å². The third-order valence-electron chi connectivity index (χ3n) is 6.08. The Balaban J connectivity index is 1.41. The van der Waals surface area contributed by atoms with Crippen molar-refractivity contribution in [3.05, 3.63) is 42.0 Å². The first-order chi connectivity index (χ1) is 11.3. The van der Waals surface area contributed by atoms with Crippen molar-refractivity contribution in [2.45, 2.75) is 44.2 Å². The van der Waals surface area contributed by atoms with Crippen molar-refractivity contribution in [1.29, 1.82) is 0 Å². The molecule has 23 heavy (non-hydrogen) atoms. The minimum atomic E-state index is 0.200. The maximum absolute atomic E-state index is 12.2. The van der Waals surface area contributed by atoms with E-state index in [4.69, 9.17) is 0 Å². The van der Waals surface area contributed by atoms with Crippen LogP contribution in [0.15, 0.2) is 36.4 Å². The van der Waals surface area contributed by atoms with Gasteiger partial charge in [0.05, 0.1) is 11.6 Å². The zero-order valence-corrected chi connectivity index (χ0v) is 13.9. The van der Waals surface area contributed by atoms with Crippen LogP contribution in [0.3, 0.4) is 0 Å². The Morgan fingerprint density at radius 3 is 2.87 bits per heavy atom. The second kappa shape index (κ2) is 5.79. The minimum Gasteiger partial charge on any atom is -0.328 e. The van der Waals surface area contributed by atoms with Gasteiger partial charge in [-0.15, -0.1) is 0 Å². The Morgan fingerprint density at radius 2 is 2.09 bits per heavy atom. The highest BCUT2D eigenvalue weighted by molar-refractivity contribution is 5.81. The highest BCUT2D eigenvalue weighted by Gasteiger charge is 2.72. The summed E-state index contributed by atoms with van der Waals surface area (Å²) in [6.07, 6.45) is 8.93. The first kappa shape index (κ1) is 14.9. The Bertz CT molecular complexity index is 611. The van der Waals surface area contributed by atoms with Gasteiger partial charge >= 0.3 is 0 Å². The summed E-state index contributed by atoms with van der Waals surface area (Å²) in [5.74, 6) is 1.11. The molecule has 3 heteroatoms. The normalized spacial score (nSPS) is 32.8. The molecule has 0 radical (unpaired) electrons. The number of hydrogen-bond donors (Lipinski definition) is 0. The quantitative estimate of drug-likeness (QED) is 0.797. The molecule has 1 amide bonds. The molecule has 2 saturated heterocycles. The van der Waals surface area contributed by atoms with Gasteiger partial charge in [0.1, 0.15) is 0 Å². The summed E-state index contributed by atoms with van der Waals surface area (Å²) in [7, 11) is 0. The van der Waals surface area contributed by atoms with Crippen LogP contribution in [0.5, 0.6) is 0 Å². The number of benzene rings is 1. The molecule has 1 aromatic carbocycles. The highest BCUT2D eigenvalue weighted by Crippen LogP contribution is 2.59. The standard InChI is InChI=1S/C20H26N2O/c1-2-19(23)22-18-11-10-17-12-14-21(15-20(17,18)22)13-6-9-16-7-4-3-5-8-16/h3-9,17-18H,2,10-15H2,1H3/b9-6+. The number of amides is 1. The lowest BCUT2D eigenvalue weighted by Crippen LogP contribution is -2.48. The average molecular weight is 310 g/mol. The monoisotopic (exact) mass is 310 g/mol. The molecule has 3 atom stereocenters. The van der Waals surface area contributed by atoms with E-state index in [-0.39, 0.29) is 5.54 Å². The van der Waals surface area contributed by atoms with E-state index in [0.717, 1.165) is 19.0 Å². The molecule has 1 saturated carbocycles. The first-order valence-electron chi connectivity index (χ1n) is 9.02. The van der Waals surface area contributed by atoms with Crippen molar-refractivity contribution in [3.63, 3.8) is 0 Å². The van der Waals surface area contributed by atoms with Gasteiger partial charge in [0, 0.05) is 19.5 Å². The van der Waals surface area contributed by atoms with E-state index >= 15 is 0 Å². The third-order valence-corrected chi connectivity index (χ3v) is 6.08. The highest BCUT2D eigenvalue weighted by atomic mass is 16.2. The van der Waals surface area contributed by atoms with E-state index < -0.39 is 0 Å². The second-order valence-electron chi connectivity index (χ2n) is 7.24. The maximum Gasteiger partial charge on any atom is 0.223 e. The third kappa shape index (κ3) is 2.42. The van der Waals surface area contributed by atoms with Crippen LogP contribution >= 0.6 is 0 Å². The Labute approximate surface area is 139 Å². The molecule has 2 aliphatic heterocycles. The van der Waals surface area contributed by atoms with Crippen molar-refractivity contribution >= 4 is 12.0 Å². The first-order valence-corrected chi connectivity index (χ1v) is 9.02. The van der Waals surface area contributed by atoms with Crippen LogP contribution in [0, 0.1) is 5.92 Å². The smallest absolute Gasteiger partial charge is 0.223 e. The molecule has 3 nitrogen and oxygen atoms in total. The summed E-state index contributed by atoms with van der Waals surface area (Å²) in [5.41, 5.74) is 1.46. The van der Waals surface area contributed by atoms with Crippen LogP contribution in [0.25, 0.3) is 6.08 Å². The summed E-state index contributed by atoms with van der Waals surface area (Å²) in [5, 5.41) is 0. The van der Waals surface area contributed by atoms with Gasteiger partial charge in [-0.1, -0.05) is 49.4 Å². The molecule has 0 N–H and O–H groups in total. The van der Waals surface area contributed by atoms with Crippen molar-refractivity contribution in [2.75, 3.05) is 19.6 Å². The molecule has 1 aromatic rings. The predicted octanol–water partition coefficient (Wildman–Crippen LogP) is 3.18.